The van der Waals surface area contributed by atoms with Gasteiger partial charge in [0.25, 0.3) is 0 Å². The van der Waals surface area contributed by atoms with Gasteiger partial charge < -0.3 is 0 Å². The molecule has 0 saturated heterocycles. The number of hydrogen-bond donors (Lipinski definition) is 1. The molecule has 3 heteroatoms. The fourth-order valence-electron chi connectivity index (χ4n) is 0.601. The smallest absolute Gasteiger partial charge is 0.0465 e. The first-order valence-electron chi connectivity index (χ1n) is 3.20. The van der Waals surface area contributed by atoms with Crippen molar-refractivity contribution in [2.24, 2.45) is 0 Å². The Hall–Kier alpha value is 1.05. The van der Waals surface area contributed by atoms with Gasteiger partial charge in [-0.05, 0) is 6.42 Å². The second kappa shape index (κ2) is 7.16. The molecular weight excluding hydrogens is 168 g/mol. The molecule has 1 atom stereocenters. The Morgan fingerprint density at radius 2 is 2.22 bits per heavy atom. The first kappa shape index (κ1) is 10.0. The zero-order valence-electron chi connectivity index (χ0n) is 5.96. The van der Waals surface area contributed by atoms with Gasteiger partial charge in [-0.1, -0.05) is 41.9 Å². The molecule has 0 rings (SSSR count). The van der Waals surface area contributed by atoms with Crippen molar-refractivity contribution in [2.75, 3.05) is 5.08 Å². The van der Waals surface area contributed by atoms with Crippen molar-refractivity contribution in [1.82, 2.24) is 0 Å². The summed E-state index contributed by atoms with van der Waals surface area (Å²) in [5.41, 5.74) is 0. The fraction of sp³-hybridized carbons (Fsp3) is 1.00. The van der Waals surface area contributed by atoms with Crippen molar-refractivity contribution in [3.8, 4) is 0 Å². The van der Waals surface area contributed by atoms with Crippen LogP contribution in [0.4, 0.5) is 0 Å². The van der Waals surface area contributed by atoms with E-state index in [0.717, 1.165) is 10.3 Å². The van der Waals surface area contributed by atoms with Crippen LogP contribution in [0.3, 0.4) is 0 Å². The van der Waals surface area contributed by atoms with Crippen LogP contribution in [0, 0.1) is 0 Å². The minimum absolute atomic E-state index is 0.798. The maximum Gasteiger partial charge on any atom is 0.0465 e. The zero-order chi connectivity index (χ0) is 7.11. The normalized spacial score (nSPS) is 13.7. The van der Waals surface area contributed by atoms with Crippen LogP contribution in [0.5, 0.6) is 0 Å². The minimum atomic E-state index is 0.798. The van der Waals surface area contributed by atoms with Gasteiger partial charge >= 0.3 is 0 Å². The molecule has 0 heterocycles. The number of thiol groups is 1. The lowest BCUT2D eigenvalue weighted by Crippen LogP contribution is -1.90. The lowest BCUT2D eigenvalue weighted by Gasteiger charge is -2.05. The molecule has 0 amide bonds. The quantitative estimate of drug-likeness (QED) is 0.393. The molecular formula is C6H14S3. The van der Waals surface area contributed by atoms with E-state index in [4.69, 9.17) is 0 Å². The van der Waals surface area contributed by atoms with Crippen LogP contribution in [-0.2, 0) is 0 Å². The van der Waals surface area contributed by atoms with Crippen LogP contribution in [0.15, 0.2) is 0 Å². The summed E-state index contributed by atoms with van der Waals surface area (Å²) in [6.07, 6.45) is 2.62. The van der Waals surface area contributed by atoms with E-state index in [0.29, 0.717) is 0 Å². The van der Waals surface area contributed by atoms with Crippen molar-refractivity contribution in [2.45, 2.75) is 31.9 Å². The molecule has 0 radical (unpaired) electrons. The Morgan fingerprint density at radius 3 is 2.67 bits per heavy atom. The van der Waals surface area contributed by atoms with Crippen molar-refractivity contribution in [3.63, 3.8) is 0 Å². The average molecular weight is 182 g/mol. The van der Waals surface area contributed by atoms with Crippen LogP contribution >= 0.6 is 34.2 Å². The van der Waals surface area contributed by atoms with Crippen LogP contribution in [0.1, 0.15) is 26.7 Å². The van der Waals surface area contributed by atoms with Gasteiger partial charge in [-0.3, -0.25) is 0 Å². The molecule has 0 aliphatic heterocycles. The topological polar surface area (TPSA) is 0 Å². The number of hydrogen-bond acceptors (Lipinski definition) is 3. The summed E-state index contributed by atoms with van der Waals surface area (Å²) in [5, 5.41) is 1.73. The van der Waals surface area contributed by atoms with Gasteiger partial charge in [0.1, 0.15) is 0 Å². The summed E-state index contributed by atoms with van der Waals surface area (Å²) in [6.45, 7) is 4.49. The Morgan fingerprint density at radius 1 is 1.56 bits per heavy atom. The highest BCUT2D eigenvalue weighted by atomic mass is 33.1. The van der Waals surface area contributed by atoms with Crippen molar-refractivity contribution < 1.29 is 0 Å². The molecule has 0 bridgehead atoms. The van der Waals surface area contributed by atoms with Gasteiger partial charge in [0.2, 0.25) is 0 Å². The van der Waals surface area contributed by atoms with Crippen LogP contribution in [-0.4, -0.2) is 10.3 Å². The predicted octanol–water partition coefficient (Wildman–Crippen LogP) is 3.44. The van der Waals surface area contributed by atoms with Crippen molar-refractivity contribution in [3.05, 3.63) is 0 Å². The van der Waals surface area contributed by atoms with Crippen LogP contribution in [0.2, 0.25) is 0 Å². The summed E-state index contributed by atoms with van der Waals surface area (Å²) in [6, 6.07) is 0. The first-order chi connectivity index (χ1) is 4.31. The molecule has 0 aromatic heterocycles. The zero-order valence-corrected chi connectivity index (χ0v) is 8.49. The Kier molecular flexibility index (Phi) is 8.00. The summed E-state index contributed by atoms with van der Waals surface area (Å²) < 4.78 is 0. The van der Waals surface area contributed by atoms with E-state index in [1.54, 1.807) is 0 Å². The molecule has 1 unspecified atom stereocenters. The third kappa shape index (κ3) is 6.94. The van der Waals surface area contributed by atoms with Gasteiger partial charge in [-0.2, -0.15) is 12.6 Å². The summed E-state index contributed by atoms with van der Waals surface area (Å²) >= 11 is 4.11. The maximum absolute atomic E-state index is 4.11. The van der Waals surface area contributed by atoms with Gasteiger partial charge in [-0.25, -0.2) is 0 Å². The first-order valence-corrected chi connectivity index (χ1v) is 6.21. The highest BCUT2D eigenvalue weighted by molar-refractivity contribution is 8.78. The van der Waals surface area contributed by atoms with Crippen molar-refractivity contribution in [1.29, 1.82) is 0 Å². The molecule has 0 aromatic rings. The third-order valence-corrected chi connectivity index (χ3v) is 4.44. The molecule has 9 heavy (non-hydrogen) atoms. The fourth-order valence-corrected chi connectivity index (χ4v) is 2.94. The Labute approximate surface area is 71.4 Å². The molecule has 0 saturated carbocycles. The molecule has 0 aliphatic rings. The second-order valence-electron chi connectivity index (χ2n) is 1.94. The van der Waals surface area contributed by atoms with E-state index in [1.807, 2.05) is 21.6 Å². The largest absolute Gasteiger partial charge is 0.167 e. The molecule has 0 aliphatic carbocycles. The van der Waals surface area contributed by atoms with Gasteiger partial charge in [0.15, 0.2) is 0 Å². The second-order valence-corrected chi connectivity index (χ2v) is 5.49. The van der Waals surface area contributed by atoms with Gasteiger partial charge in [0.05, 0.1) is 0 Å². The van der Waals surface area contributed by atoms with E-state index in [-0.39, 0.29) is 0 Å². The highest BCUT2D eigenvalue weighted by Crippen LogP contribution is 2.29. The highest BCUT2D eigenvalue weighted by Gasteiger charge is 1.98. The Bertz CT molecular complexity index is 56.3. The van der Waals surface area contributed by atoms with Gasteiger partial charge in [0, 0.05) is 10.3 Å². The lowest BCUT2D eigenvalue weighted by molar-refractivity contribution is 0.790. The molecule has 0 fully saturated rings. The standard InChI is InChI=1S/C6H14S3/c1-3-4-6(2)9-8-5-7/h6-7H,3-5H2,1-2H3. The molecule has 0 N–H and O–H groups in total. The maximum atomic E-state index is 4.11. The molecule has 56 valence electrons. The predicted molar refractivity (Wildman–Crippen MR) is 53.4 cm³/mol. The van der Waals surface area contributed by atoms with Crippen molar-refractivity contribution >= 4 is 34.2 Å². The van der Waals surface area contributed by atoms with Gasteiger partial charge in [-0.15, -0.1) is 0 Å². The third-order valence-electron chi connectivity index (χ3n) is 0.980. The molecule has 0 nitrogen and oxygen atoms in total. The van der Waals surface area contributed by atoms with E-state index < -0.39 is 0 Å². The van der Waals surface area contributed by atoms with Crippen LogP contribution < -0.4 is 0 Å². The number of rotatable bonds is 5. The summed E-state index contributed by atoms with van der Waals surface area (Å²) in [5.74, 6) is 0. The summed E-state index contributed by atoms with van der Waals surface area (Å²) in [7, 11) is 3.78. The summed E-state index contributed by atoms with van der Waals surface area (Å²) in [4.78, 5) is 0. The lowest BCUT2D eigenvalue weighted by atomic mass is 10.3. The average Bonchev–Trinajstić information content (AvgIpc) is 1.85. The van der Waals surface area contributed by atoms with E-state index in [9.17, 15) is 0 Å². The SMILES string of the molecule is CCCC(C)SSCS. The molecule has 0 spiro atoms. The monoisotopic (exact) mass is 182 g/mol. The van der Waals surface area contributed by atoms with E-state index in [1.165, 1.54) is 12.8 Å². The van der Waals surface area contributed by atoms with E-state index in [2.05, 4.69) is 26.5 Å². The van der Waals surface area contributed by atoms with Crippen LogP contribution in [0.25, 0.3) is 0 Å². The Balaban J connectivity index is 2.95. The molecule has 0 aromatic carbocycles. The minimum Gasteiger partial charge on any atom is -0.167 e. The van der Waals surface area contributed by atoms with E-state index >= 15 is 0 Å².